The molecule has 0 saturated heterocycles. The minimum Gasteiger partial charge on any atom is -0.380 e. The van der Waals surface area contributed by atoms with Crippen LogP contribution in [0.25, 0.3) is 0 Å². The van der Waals surface area contributed by atoms with Gasteiger partial charge in [0, 0.05) is 38.5 Å². The molecule has 20 heavy (non-hydrogen) atoms. The fraction of sp³-hybridized carbons (Fsp3) is 0.125. The molecule has 0 fully saturated rings. The molecule has 2 rings (SSSR count). The quantitative estimate of drug-likeness (QED) is 0.526. The molecule has 0 unspecified atom stereocenters. The van der Waals surface area contributed by atoms with Gasteiger partial charge in [0.1, 0.15) is 0 Å². The van der Waals surface area contributed by atoms with E-state index in [0.29, 0.717) is 16.6 Å². The summed E-state index contributed by atoms with van der Waals surface area (Å²) in [6, 6.07) is 13.7. The van der Waals surface area contributed by atoms with Crippen molar-refractivity contribution < 1.29 is 0 Å². The van der Waals surface area contributed by atoms with Crippen LogP contribution in [0.3, 0.4) is 0 Å². The lowest BCUT2D eigenvalue weighted by Crippen LogP contribution is -2.02. The van der Waals surface area contributed by atoms with Crippen molar-refractivity contribution in [3.8, 4) is 0 Å². The summed E-state index contributed by atoms with van der Waals surface area (Å²) in [7, 11) is 0. The van der Waals surface area contributed by atoms with E-state index in [2.05, 4.69) is 24.0 Å². The van der Waals surface area contributed by atoms with Gasteiger partial charge in [0.05, 0.1) is 0 Å². The lowest BCUT2D eigenvalue weighted by atomic mass is 10.2. The van der Waals surface area contributed by atoms with Crippen LogP contribution < -0.4 is 5.32 Å². The molecule has 2 aromatic rings. The maximum absolute atomic E-state index is 6.18. The molecule has 0 spiro atoms. The van der Waals surface area contributed by atoms with Crippen LogP contribution >= 0.6 is 35.0 Å². The zero-order chi connectivity index (χ0) is 14.4. The first-order valence-corrected chi connectivity index (χ1v) is 7.96. The van der Waals surface area contributed by atoms with Crippen LogP contribution in [0.1, 0.15) is 5.56 Å². The fourth-order valence-corrected chi connectivity index (χ4v) is 3.07. The molecule has 0 amide bonds. The molecule has 0 atom stereocenters. The molecular weight excluding hydrogens is 309 g/mol. The molecule has 0 saturated carbocycles. The molecule has 0 aliphatic heterocycles. The van der Waals surface area contributed by atoms with Crippen molar-refractivity contribution in [1.29, 1.82) is 0 Å². The van der Waals surface area contributed by atoms with E-state index in [0.717, 1.165) is 17.0 Å². The molecule has 0 bridgehead atoms. The molecule has 104 valence electrons. The minimum atomic E-state index is 0.601. The Hall–Kier alpha value is -1.09. The van der Waals surface area contributed by atoms with Crippen molar-refractivity contribution >= 4 is 40.7 Å². The van der Waals surface area contributed by atoms with Gasteiger partial charge in [-0.3, -0.25) is 0 Å². The number of thioether (sulfide) groups is 1. The predicted octanol–water partition coefficient (Wildman–Crippen LogP) is 5.88. The number of benzene rings is 2. The van der Waals surface area contributed by atoms with Gasteiger partial charge in [-0.05, 0) is 24.3 Å². The van der Waals surface area contributed by atoms with Gasteiger partial charge in [-0.15, -0.1) is 18.3 Å². The second-order valence-electron chi connectivity index (χ2n) is 4.15. The van der Waals surface area contributed by atoms with Crippen molar-refractivity contribution in [2.24, 2.45) is 0 Å². The van der Waals surface area contributed by atoms with Gasteiger partial charge in [0.25, 0.3) is 0 Å². The van der Waals surface area contributed by atoms with Gasteiger partial charge in [0.2, 0.25) is 0 Å². The lowest BCUT2D eigenvalue weighted by Gasteiger charge is -2.13. The number of nitrogens with one attached hydrogen (secondary N) is 1. The molecule has 0 aliphatic rings. The van der Waals surface area contributed by atoms with E-state index in [-0.39, 0.29) is 0 Å². The van der Waals surface area contributed by atoms with Gasteiger partial charge in [-0.2, -0.15) is 0 Å². The van der Waals surface area contributed by atoms with Crippen LogP contribution in [0.4, 0.5) is 5.69 Å². The second kappa shape index (κ2) is 7.63. The number of anilines is 1. The zero-order valence-electron chi connectivity index (χ0n) is 10.9. The van der Waals surface area contributed by atoms with Crippen LogP contribution in [-0.4, -0.2) is 5.75 Å². The van der Waals surface area contributed by atoms with E-state index in [1.165, 1.54) is 4.90 Å². The summed E-state index contributed by atoms with van der Waals surface area (Å²) in [6.45, 7) is 4.35. The molecule has 0 radical (unpaired) electrons. The predicted molar refractivity (Wildman–Crippen MR) is 91.2 cm³/mol. The van der Waals surface area contributed by atoms with Crippen LogP contribution in [0.2, 0.25) is 10.0 Å². The lowest BCUT2D eigenvalue weighted by molar-refractivity contribution is 1.13. The molecule has 1 N–H and O–H groups in total. The Kier molecular flexibility index (Phi) is 5.84. The Labute approximate surface area is 134 Å². The number of rotatable bonds is 6. The first-order chi connectivity index (χ1) is 9.72. The first kappa shape index (κ1) is 15.3. The summed E-state index contributed by atoms with van der Waals surface area (Å²) in [5.74, 6) is 0.880. The zero-order valence-corrected chi connectivity index (χ0v) is 13.2. The SMILES string of the molecule is C=CCSc1ccccc1NCc1c(Cl)cccc1Cl. The largest absolute Gasteiger partial charge is 0.380 e. The van der Waals surface area contributed by atoms with Crippen molar-refractivity contribution in [1.82, 2.24) is 0 Å². The smallest absolute Gasteiger partial charge is 0.0481 e. The standard InChI is InChI=1S/C16H15Cl2NS/c1-2-10-20-16-9-4-3-8-15(16)19-11-12-13(17)6-5-7-14(12)18/h2-9,19H,1,10-11H2. The first-order valence-electron chi connectivity index (χ1n) is 6.22. The van der Waals surface area contributed by atoms with Gasteiger partial charge in [0.15, 0.2) is 0 Å². The van der Waals surface area contributed by atoms with E-state index in [1.54, 1.807) is 11.8 Å². The average Bonchev–Trinajstić information content (AvgIpc) is 2.45. The summed E-state index contributed by atoms with van der Waals surface area (Å²) in [5.41, 5.74) is 2.00. The van der Waals surface area contributed by atoms with E-state index in [4.69, 9.17) is 23.2 Å². The molecule has 0 aliphatic carbocycles. The Morgan fingerprint density at radius 1 is 1.05 bits per heavy atom. The van der Waals surface area contributed by atoms with Gasteiger partial charge in [-0.1, -0.05) is 47.5 Å². The molecular formula is C16H15Cl2NS. The van der Waals surface area contributed by atoms with Gasteiger partial charge < -0.3 is 5.32 Å². The molecule has 2 aromatic carbocycles. The molecule has 4 heteroatoms. The fourth-order valence-electron chi connectivity index (χ4n) is 1.77. The highest BCUT2D eigenvalue weighted by atomic mass is 35.5. The Balaban J connectivity index is 2.13. The van der Waals surface area contributed by atoms with Crippen molar-refractivity contribution in [2.75, 3.05) is 11.1 Å². The van der Waals surface area contributed by atoms with Crippen LogP contribution in [0.5, 0.6) is 0 Å². The number of halogens is 2. The van der Waals surface area contributed by atoms with E-state index in [1.807, 2.05) is 36.4 Å². The normalized spacial score (nSPS) is 10.3. The Bertz CT molecular complexity index is 579. The summed E-state index contributed by atoms with van der Waals surface area (Å²) in [6.07, 6.45) is 1.90. The van der Waals surface area contributed by atoms with Gasteiger partial charge >= 0.3 is 0 Å². The highest BCUT2D eigenvalue weighted by molar-refractivity contribution is 7.99. The highest BCUT2D eigenvalue weighted by Crippen LogP contribution is 2.29. The summed E-state index contributed by atoms with van der Waals surface area (Å²) >= 11 is 14.1. The van der Waals surface area contributed by atoms with Crippen LogP contribution in [0.15, 0.2) is 60.0 Å². The number of hydrogen-bond acceptors (Lipinski definition) is 2. The third-order valence-electron chi connectivity index (χ3n) is 2.76. The monoisotopic (exact) mass is 323 g/mol. The maximum atomic E-state index is 6.18. The molecule has 0 heterocycles. The summed E-state index contributed by atoms with van der Waals surface area (Å²) < 4.78 is 0. The van der Waals surface area contributed by atoms with E-state index < -0.39 is 0 Å². The molecule has 0 aromatic heterocycles. The van der Waals surface area contributed by atoms with Crippen molar-refractivity contribution in [3.63, 3.8) is 0 Å². The Morgan fingerprint density at radius 2 is 1.75 bits per heavy atom. The third-order valence-corrected chi connectivity index (χ3v) is 4.54. The van der Waals surface area contributed by atoms with E-state index in [9.17, 15) is 0 Å². The number of para-hydroxylation sites is 1. The average molecular weight is 324 g/mol. The number of hydrogen-bond donors (Lipinski definition) is 1. The third kappa shape index (κ3) is 3.95. The van der Waals surface area contributed by atoms with Crippen LogP contribution in [-0.2, 0) is 6.54 Å². The van der Waals surface area contributed by atoms with Gasteiger partial charge in [-0.25, -0.2) is 0 Å². The van der Waals surface area contributed by atoms with Crippen molar-refractivity contribution in [2.45, 2.75) is 11.4 Å². The van der Waals surface area contributed by atoms with Crippen LogP contribution in [0, 0.1) is 0 Å². The topological polar surface area (TPSA) is 12.0 Å². The Morgan fingerprint density at radius 3 is 2.45 bits per heavy atom. The summed E-state index contributed by atoms with van der Waals surface area (Å²) in [4.78, 5) is 1.19. The van der Waals surface area contributed by atoms with Crippen molar-refractivity contribution in [3.05, 3.63) is 70.7 Å². The maximum Gasteiger partial charge on any atom is 0.0481 e. The summed E-state index contributed by atoms with van der Waals surface area (Å²) in [5, 5.41) is 4.76. The van der Waals surface area contributed by atoms with E-state index >= 15 is 0 Å². The highest BCUT2D eigenvalue weighted by Gasteiger charge is 2.06. The second-order valence-corrected chi connectivity index (χ2v) is 6.03. The molecule has 1 nitrogen and oxygen atoms in total. The minimum absolute atomic E-state index is 0.601.